The lowest BCUT2D eigenvalue weighted by molar-refractivity contribution is -0.144. The fraction of sp³-hybridized carbons (Fsp3) is 0.474. The maximum absolute atomic E-state index is 13.1. The van der Waals surface area contributed by atoms with Crippen molar-refractivity contribution >= 4 is 5.91 Å². The highest BCUT2D eigenvalue weighted by Crippen LogP contribution is 2.30. The van der Waals surface area contributed by atoms with Crippen LogP contribution in [0.3, 0.4) is 0 Å². The number of H-pyrrole nitrogens is 1. The van der Waals surface area contributed by atoms with Gasteiger partial charge in [0.1, 0.15) is 5.82 Å². The molecule has 1 aliphatic rings. The molecular formula is C19H24FN3O2. The predicted octanol–water partition coefficient (Wildman–Crippen LogP) is 3.38. The Balaban J connectivity index is 1.71. The molecule has 25 heavy (non-hydrogen) atoms. The molecule has 0 spiro atoms. The molecule has 1 fully saturated rings. The first-order chi connectivity index (χ1) is 11.9. The highest BCUT2D eigenvalue weighted by atomic mass is 19.1. The van der Waals surface area contributed by atoms with Crippen molar-refractivity contribution in [3.63, 3.8) is 0 Å². The van der Waals surface area contributed by atoms with Crippen molar-refractivity contribution in [2.24, 2.45) is 5.92 Å². The topological polar surface area (TPSA) is 58.2 Å². The minimum atomic E-state index is -0.278. The summed E-state index contributed by atoms with van der Waals surface area (Å²) in [4.78, 5) is 14.5. The van der Waals surface area contributed by atoms with E-state index in [-0.39, 0.29) is 23.2 Å². The Morgan fingerprint density at radius 1 is 1.40 bits per heavy atom. The summed E-state index contributed by atoms with van der Waals surface area (Å²) in [5.74, 6) is -0.170. The number of aromatic nitrogens is 2. The van der Waals surface area contributed by atoms with Crippen molar-refractivity contribution in [1.29, 1.82) is 0 Å². The number of ether oxygens (including phenoxy) is 1. The van der Waals surface area contributed by atoms with E-state index < -0.39 is 0 Å². The van der Waals surface area contributed by atoms with Crippen molar-refractivity contribution in [3.05, 3.63) is 41.8 Å². The molecule has 134 valence electrons. The summed E-state index contributed by atoms with van der Waals surface area (Å²) < 4.78 is 18.8. The first-order valence-corrected chi connectivity index (χ1v) is 8.53. The number of nitrogens with one attached hydrogen (secondary N) is 1. The van der Waals surface area contributed by atoms with Crippen molar-refractivity contribution < 1.29 is 13.9 Å². The zero-order valence-electron chi connectivity index (χ0n) is 14.9. The molecule has 2 aromatic rings. The molecular weight excluding hydrogens is 321 g/mol. The van der Waals surface area contributed by atoms with Crippen molar-refractivity contribution in [2.75, 3.05) is 13.7 Å². The molecule has 1 aromatic carbocycles. The van der Waals surface area contributed by atoms with Crippen LogP contribution in [-0.2, 0) is 16.1 Å². The zero-order chi connectivity index (χ0) is 18.0. The third-order valence-electron chi connectivity index (χ3n) is 4.68. The highest BCUT2D eigenvalue weighted by Gasteiger charge is 2.34. The maximum Gasteiger partial charge on any atom is 0.225 e. The molecule has 0 bridgehead atoms. The fourth-order valence-electron chi connectivity index (χ4n) is 3.39. The van der Waals surface area contributed by atoms with E-state index in [1.807, 2.05) is 20.9 Å². The quantitative estimate of drug-likeness (QED) is 0.924. The van der Waals surface area contributed by atoms with Crippen LogP contribution in [0.25, 0.3) is 11.3 Å². The number of carbonyl (C=O) groups is 1. The van der Waals surface area contributed by atoms with E-state index in [1.54, 1.807) is 23.2 Å². The van der Waals surface area contributed by atoms with E-state index in [0.29, 0.717) is 13.2 Å². The molecule has 1 amide bonds. The molecule has 2 heterocycles. The summed E-state index contributed by atoms with van der Waals surface area (Å²) in [6, 6.07) is 6.24. The van der Waals surface area contributed by atoms with Gasteiger partial charge in [-0.2, -0.15) is 5.10 Å². The number of halogens is 1. The average Bonchev–Trinajstić information content (AvgIpc) is 3.02. The summed E-state index contributed by atoms with van der Waals surface area (Å²) in [5.41, 5.74) is 2.32. The second-order valence-electron chi connectivity index (χ2n) is 7.27. The molecule has 1 aliphatic heterocycles. The molecule has 1 aromatic heterocycles. The molecule has 6 heteroatoms. The predicted molar refractivity (Wildman–Crippen MR) is 93.2 cm³/mol. The number of amides is 1. The lowest BCUT2D eigenvalue weighted by Crippen LogP contribution is -2.41. The number of benzene rings is 1. The Bertz CT molecular complexity index is 739. The van der Waals surface area contributed by atoms with Gasteiger partial charge in [0.15, 0.2) is 0 Å². The molecule has 0 radical (unpaired) electrons. The maximum atomic E-state index is 13.1. The summed E-state index contributed by atoms with van der Waals surface area (Å²) in [5, 5.41) is 7.04. The Labute approximate surface area is 147 Å². The number of hydrogen-bond acceptors (Lipinski definition) is 3. The number of aromatic amines is 1. The van der Waals surface area contributed by atoms with Gasteiger partial charge in [0.25, 0.3) is 0 Å². The largest absolute Gasteiger partial charge is 0.376 e. The van der Waals surface area contributed by atoms with Gasteiger partial charge >= 0.3 is 0 Å². The van der Waals surface area contributed by atoms with E-state index in [4.69, 9.17) is 4.74 Å². The highest BCUT2D eigenvalue weighted by molar-refractivity contribution is 5.79. The third kappa shape index (κ3) is 4.07. The van der Waals surface area contributed by atoms with E-state index in [2.05, 4.69) is 10.2 Å². The van der Waals surface area contributed by atoms with Gasteiger partial charge in [-0.05, 0) is 51.0 Å². The van der Waals surface area contributed by atoms with Gasteiger partial charge in [-0.1, -0.05) is 0 Å². The van der Waals surface area contributed by atoms with Crippen LogP contribution < -0.4 is 0 Å². The number of hydrogen-bond donors (Lipinski definition) is 1. The summed E-state index contributed by atoms with van der Waals surface area (Å²) in [6.07, 6.45) is 3.20. The van der Waals surface area contributed by atoms with Crippen LogP contribution in [-0.4, -0.2) is 40.3 Å². The van der Waals surface area contributed by atoms with Crippen LogP contribution in [0.1, 0.15) is 32.3 Å². The normalized spacial score (nSPS) is 19.6. The van der Waals surface area contributed by atoms with E-state index in [0.717, 1.165) is 29.7 Å². The van der Waals surface area contributed by atoms with Gasteiger partial charge in [0.2, 0.25) is 5.91 Å². The van der Waals surface area contributed by atoms with E-state index in [9.17, 15) is 9.18 Å². The second kappa shape index (κ2) is 6.96. The van der Waals surface area contributed by atoms with Gasteiger partial charge in [-0.25, -0.2) is 4.39 Å². The van der Waals surface area contributed by atoms with Crippen LogP contribution in [0.5, 0.6) is 0 Å². The second-order valence-corrected chi connectivity index (χ2v) is 7.27. The lowest BCUT2D eigenvalue weighted by Gasteiger charge is -2.36. The monoisotopic (exact) mass is 345 g/mol. The molecule has 1 unspecified atom stereocenters. The van der Waals surface area contributed by atoms with Gasteiger partial charge in [-0.3, -0.25) is 9.89 Å². The molecule has 5 nitrogen and oxygen atoms in total. The first kappa shape index (κ1) is 17.6. The number of carbonyl (C=O) groups excluding carboxylic acids is 1. The van der Waals surface area contributed by atoms with E-state index >= 15 is 0 Å². The molecule has 1 N–H and O–H groups in total. The Hall–Kier alpha value is -2.21. The third-order valence-corrected chi connectivity index (χ3v) is 4.68. The van der Waals surface area contributed by atoms with Crippen LogP contribution >= 0.6 is 0 Å². The number of rotatable bonds is 4. The Morgan fingerprint density at radius 2 is 2.12 bits per heavy atom. The van der Waals surface area contributed by atoms with E-state index in [1.165, 1.54) is 12.1 Å². The van der Waals surface area contributed by atoms with Crippen LogP contribution in [0, 0.1) is 11.7 Å². The Morgan fingerprint density at radius 3 is 2.80 bits per heavy atom. The minimum Gasteiger partial charge on any atom is -0.376 e. The Kier molecular flexibility index (Phi) is 4.90. The van der Waals surface area contributed by atoms with Gasteiger partial charge in [0.05, 0.1) is 17.5 Å². The van der Waals surface area contributed by atoms with Crippen molar-refractivity contribution in [1.82, 2.24) is 15.1 Å². The average molecular weight is 345 g/mol. The zero-order valence-corrected chi connectivity index (χ0v) is 14.9. The number of nitrogens with zero attached hydrogens (tertiary/aromatic N) is 2. The molecule has 3 rings (SSSR count). The summed E-state index contributed by atoms with van der Waals surface area (Å²) in [6.45, 7) is 5.12. The molecule has 0 aliphatic carbocycles. The van der Waals surface area contributed by atoms with Crippen molar-refractivity contribution in [3.8, 4) is 11.3 Å². The minimum absolute atomic E-state index is 0.0186. The SMILES string of the molecule is CN(Cc1cn[nH]c1-c1ccc(F)cc1)C(=O)C1CCOC(C)(C)C1. The summed E-state index contributed by atoms with van der Waals surface area (Å²) >= 11 is 0. The first-order valence-electron chi connectivity index (χ1n) is 8.53. The van der Waals surface area contributed by atoms with Crippen LogP contribution in [0.15, 0.2) is 30.5 Å². The van der Waals surface area contributed by atoms with Gasteiger partial charge < -0.3 is 9.64 Å². The molecule has 0 saturated carbocycles. The van der Waals surface area contributed by atoms with Crippen molar-refractivity contribution in [2.45, 2.75) is 38.8 Å². The van der Waals surface area contributed by atoms with Crippen LogP contribution in [0.2, 0.25) is 0 Å². The molecule has 1 saturated heterocycles. The smallest absolute Gasteiger partial charge is 0.225 e. The fourth-order valence-corrected chi connectivity index (χ4v) is 3.39. The lowest BCUT2D eigenvalue weighted by atomic mass is 9.87. The molecule has 1 atom stereocenters. The van der Waals surface area contributed by atoms with Gasteiger partial charge in [-0.15, -0.1) is 0 Å². The van der Waals surface area contributed by atoms with Crippen LogP contribution in [0.4, 0.5) is 4.39 Å². The standard InChI is InChI=1S/C19H24FN3O2/c1-19(2)10-14(8-9-25-19)18(24)23(3)12-15-11-21-22-17(15)13-4-6-16(20)7-5-13/h4-7,11,14H,8-10,12H2,1-3H3,(H,21,22). The van der Waals surface area contributed by atoms with Gasteiger partial charge in [0, 0.05) is 37.2 Å². The summed E-state index contributed by atoms with van der Waals surface area (Å²) in [7, 11) is 1.81.